The third kappa shape index (κ3) is 3.83. The average molecular weight is 304 g/mol. The molecule has 2 amide bonds. The van der Waals surface area contributed by atoms with Gasteiger partial charge in [-0.15, -0.1) is 0 Å². The summed E-state index contributed by atoms with van der Waals surface area (Å²) in [5, 5.41) is 11.5. The van der Waals surface area contributed by atoms with Crippen molar-refractivity contribution in [1.82, 2.24) is 19.8 Å². The Bertz CT molecular complexity index is 590. The summed E-state index contributed by atoms with van der Waals surface area (Å²) in [5.74, 6) is -0.851. The predicted octanol–water partition coefficient (Wildman–Crippen LogP) is -1.08. The van der Waals surface area contributed by atoms with E-state index in [1.807, 2.05) is 11.9 Å². The van der Waals surface area contributed by atoms with Gasteiger partial charge in [-0.25, -0.2) is 4.98 Å². The fourth-order valence-corrected chi connectivity index (χ4v) is 2.68. The van der Waals surface area contributed by atoms with Crippen LogP contribution in [0.25, 0.3) is 0 Å². The molecule has 0 spiro atoms. The Labute approximate surface area is 128 Å². The monoisotopic (exact) mass is 304 g/mol. The largest absolute Gasteiger partial charge is 0.368 e. The van der Waals surface area contributed by atoms with E-state index in [9.17, 15) is 9.59 Å². The predicted molar refractivity (Wildman–Crippen MR) is 78.2 cm³/mol. The van der Waals surface area contributed by atoms with Crippen LogP contribution in [-0.2, 0) is 23.1 Å². The number of nitrogens with zero attached hydrogens (tertiary/aromatic N) is 4. The highest BCUT2D eigenvalue weighted by Gasteiger charge is 2.32. The van der Waals surface area contributed by atoms with Crippen molar-refractivity contribution in [2.75, 3.05) is 13.1 Å². The molecule has 1 aliphatic rings. The maximum absolute atomic E-state index is 12.3. The van der Waals surface area contributed by atoms with E-state index in [1.54, 1.807) is 17.1 Å². The second kappa shape index (κ2) is 7.04. The lowest BCUT2D eigenvalue weighted by Crippen LogP contribution is -2.52. The Morgan fingerprint density at radius 3 is 3.00 bits per heavy atom. The molecule has 0 radical (unpaired) electrons. The van der Waals surface area contributed by atoms with Crippen LogP contribution in [-0.4, -0.2) is 51.4 Å². The van der Waals surface area contributed by atoms with E-state index >= 15 is 0 Å². The van der Waals surface area contributed by atoms with E-state index < -0.39 is 11.9 Å². The molecule has 2 heterocycles. The van der Waals surface area contributed by atoms with Crippen LogP contribution in [0.2, 0.25) is 0 Å². The highest BCUT2D eigenvalue weighted by Crippen LogP contribution is 2.17. The summed E-state index contributed by atoms with van der Waals surface area (Å²) < 4.78 is 1.76. The Morgan fingerprint density at radius 1 is 1.64 bits per heavy atom. The number of imidazole rings is 1. The van der Waals surface area contributed by atoms with Gasteiger partial charge in [-0.2, -0.15) is 5.26 Å². The van der Waals surface area contributed by atoms with Gasteiger partial charge in [0.25, 0.3) is 0 Å². The minimum Gasteiger partial charge on any atom is -0.368 e. The summed E-state index contributed by atoms with van der Waals surface area (Å²) in [7, 11) is 1.83. The number of likely N-dealkylation sites (tertiary alicyclic amines) is 1. The van der Waals surface area contributed by atoms with E-state index in [4.69, 9.17) is 11.0 Å². The second-order valence-electron chi connectivity index (χ2n) is 5.48. The first-order valence-corrected chi connectivity index (χ1v) is 7.18. The Hall–Kier alpha value is -2.40. The number of nitrogens with two attached hydrogens (primary N) is 1. The van der Waals surface area contributed by atoms with Gasteiger partial charge < -0.3 is 15.6 Å². The minimum absolute atomic E-state index is 0.208. The number of rotatable bonds is 6. The van der Waals surface area contributed by atoms with Crippen LogP contribution in [0.5, 0.6) is 0 Å². The molecular formula is C14H20N6O2. The maximum atomic E-state index is 12.3. The molecular weight excluding hydrogens is 284 g/mol. The van der Waals surface area contributed by atoms with Crippen LogP contribution in [0.1, 0.15) is 18.5 Å². The first-order chi connectivity index (χ1) is 10.5. The molecule has 1 aliphatic heterocycles. The highest BCUT2D eigenvalue weighted by atomic mass is 16.2. The summed E-state index contributed by atoms with van der Waals surface area (Å²) >= 11 is 0. The van der Waals surface area contributed by atoms with Gasteiger partial charge in [0.05, 0.1) is 30.7 Å². The second-order valence-corrected chi connectivity index (χ2v) is 5.48. The number of hydrogen-bond acceptors (Lipinski definition) is 5. The van der Waals surface area contributed by atoms with Crippen LogP contribution in [0.15, 0.2) is 12.5 Å². The molecule has 1 saturated heterocycles. The SMILES string of the molecule is Cn1cnc(CC(NC(=O)C2CCCN2CC#N)C(N)=O)c1. The summed E-state index contributed by atoms with van der Waals surface area (Å²) in [6.45, 7) is 0.923. The van der Waals surface area contributed by atoms with Crippen molar-refractivity contribution in [2.24, 2.45) is 12.8 Å². The van der Waals surface area contributed by atoms with E-state index in [2.05, 4.69) is 16.4 Å². The number of carbonyl (C=O) groups excluding carboxylic acids is 2. The van der Waals surface area contributed by atoms with E-state index in [1.165, 1.54) is 0 Å². The molecule has 0 bridgehead atoms. The molecule has 2 atom stereocenters. The molecule has 3 N–H and O–H groups in total. The molecule has 0 aliphatic carbocycles. The lowest BCUT2D eigenvalue weighted by Gasteiger charge is -2.23. The number of amides is 2. The fraction of sp³-hybridized carbons (Fsp3) is 0.571. The fourth-order valence-electron chi connectivity index (χ4n) is 2.68. The minimum atomic E-state index is -0.799. The van der Waals surface area contributed by atoms with Crippen LogP contribution >= 0.6 is 0 Å². The Kier molecular flexibility index (Phi) is 5.12. The van der Waals surface area contributed by atoms with E-state index in [0.29, 0.717) is 18.7 Å². The summed E-state index contributed by atoms with van der Waals surface area (Å²) in [6, 6.07) is 0.885. The quantitative estimate of drug-likeness (QED) is 0.648. The number of nitriles is 1. The zero-order valence-corrected chi connectivity index (χ0v) is 12.5. The standard InChI is InChI=1S/C14H20N6O2/c1-19-8-10(17-9-19)7-11(13(16)21)18-14(22)12-3-2-5-20(12)6-4-15/h8-9,11-12H,2-3,5-7H2,1H3,(H2,16,21)(H,18,22). The van der Waals surface area contributed by atoms with Gasteiger partial charge in [0, 0.05) is 26.2 Å². The summed E-state index contributed by atoms with van der Waals surface area (Å²) in [5.41, 5.74) is 6.06. The number of primary amides is 1. The molecule has 1 fully saturated rings. The lowest BCUT2D eigenvalue weighted by atomic mass is 10.1. The zero-order chi connectivity index (χ0) is 16.1. The average Bonchev–Trinajstić information content (AvgIpc) is 3.07. The third-order valence-electron chi connectivity index (χ3n) is 3.77. The smallest absolute Gasteiger partial charge is 0.240 e. The van der Waals surface area contributed by atoms with Gasteiger partial charge in [-0.05, 0) is 12.8 Å². The molecule has 8 nitrogen and oxygen atoms in total. The molecule has 0 aromatic carbocycles. The van der Waals surface area contributed by atoms with Crippen LogP contribution in [0, 0.1) is 11.3 Å². The van der Waals surface area contributed by atoms with Crippen LogP contribution in [0.3, 0.4) is 0 Å². The van der Waals surface area contributed by atoms with Crippen molar-refractivity contribution in [3.63, 3.8) is 0 Å². The number of aromatic nitrogens is 2. The Balaban J connectivity index is 2.00. The van der Waals surface area contributed by atoms with Crippen LogP contribution < -0.4 is 11.1 Å². The molecule has 8 heteroatoms. The molecule has 118 valence electrons. The number of hydrogen-bond donors (Lipinski definition) is 2. The third-order valence-corrected chi connectivity index (χ3v) is 3.77. The van der Waals surface area contributed by atoms with E-state index in [0.717, 1.165) is 6.42 Å². The van der Waals surface area contributed by atoms with Crippen LogP contribution in [0.4, 0.5) is 0 Å². The summed E-state index contributed by atoms with van der Waals surface area (Å²) in [6.07, 6.45) is 5.21. The first-order valence-electron chi connectivity index (χ1n) is 7.18. The van der Waals surface area contributed by atoms with Crippen molar-refractivity contribution in [2.45, 2.75) is 31.3 Å². The van der Waals surface area contributed by atoms with Gasteiger partial charge in [-0.1, -0.05) is 0 Å². The lowest BCUT2D eigenvalue weighted by molar-refractivity contribution is -0.130. The molecule has 1 aromatic rings. The van der Waals surface area contributed by atoms with Crippen molar-refractivity contribution in [3.8, 4) is 6.07 Å². The molecule has 1 aromatic heterocycles. The van der Waals surface area contributed by atoms with Crippen molar-refractivity contribution < 1.29 is 9.59 Å². The van der Waals surface area contributed by atoms with Gasteiger partial charge in [0.1, 0.15) is 6.04 Å². The van der Waals surface area contributed by atoms with E-state index in [-0.39, 0.29) is 24.9 Å². The normalized spacial score (nSPS) is 19.5. The molecule has 0 saturated carbocycles. The van der Waals surface area contributed by atoms with Crippen molar-refractivity contribution in [1.29, 1.82) is 5.26 Å². The van der Waals surface area contributed by atoms with Gasteiger partial charge >= 0.3 is 0 Å². The van der Waals surface area contributed by atoms with Crippen molar-refractivity contribution in [3.05, 3.63) is 18.2 Å². The highest BCUT2D eigenvalue weighted by molar-refractivity contribution is 5.89. The first kappa shape index (κ1) is 16.0. The maximum Gasteiger partial charge on any atom is 0.240 e. The van der Waals surface area contributed by atoms with Gasteiger partial charge in [0.2, 0.25) is 11.8 Å². The zero-order valence-electron chi connectivity index (χ0n) is 12.5. The van der Waals surface area contributed by atoms with Crippen molar-refractivity contribution >= 4 is 11.8 Å². The topological polar surface area (TPSA) is 117 Å². The number of carbonyl (C=O) groups is 2. The number of aryl methyl sites for hydroxylation is 1. The molecule has 2 rings (SSSR count). The number of nitrogens with one attached hydrogen (secondary N) is 1. The summed E-state index contributed by atoms with van der Waals surface area (Å²) in [4.78, 5) is 29.9. The molecule has 22 heavy (non-hydrogen) atoms. The Morgan fingerprint density at radius 2 is 2.41 bits per heavy atom. The van der Waals surface area contributed by atoms with Gasteiger partial charge in [0.15, 0.2) is 0 Å². The van der Waals surface area contributed by atoms with Gasteiger partial charge in [-0.3, -0.25) is 14.5 Å². The molecule has 2 unspecified atom stereocenters.